The maximum atomic E-state index is 4.33. The summed E-state index contributed by atoms with van der Waals surface area (Å²) in [5.74, 6) is 0.981. The Bertz CT molecular complexity index is 270. The first kappa shape index (κ1) is 17.3. The van der Waals surface area contributed by atoms with Gasteiger partial charge >= 0.3 is 0 Å². The highest BCUT2D eigenvalue weighted by atomic mass is 15.2. The minimum absolute atomic E-state index is 0.627. The van der Waals surface area contributed by atoms with Gasteiger partial charge in [-0.1, -0.05) is 19.3 Å². The zero-order valence-electron chi connectivity index (χ0n) is 13.9. The predicted molar refractivity (Wildman–Crippen MR) is 88.4 cm³/mol. The summed E-state index contributed by atoms with van der Waals surface area (Å²) >= 11 is 0. The molecule has 4 heteroatoms. The number of nitrogens with one attached hydrogen (secondary N) is 2. The molecule has 0 aromatic carbocycles. The van der Waals surface area contributed by atoms with Crippen molar-refractivity contribution in [2.75, 3.05) is 27.2 Å². The SMILES string of the molecule is CN=C(NCCCCN(C)C(C)C)NC1CCCCC1. The molecule has 2 N–H and O–H groups in total. The van der Waals surface area contributed by atoms with Gasteiger partial charge in [0.15, 0.2) is 5.96 Å². The first-order valence-electron chi connectivity index (χ1n) is 8.31. The van der Waals surface area contributed by atoms with Crippen LogP contribution in [0.4, 0.5) is 0 Å². The molecule has 1 aliphatic carbocycles. The molecular weight excluding hydrogens is 248 g/mol. The van der Waals surface area contributed by atoms with E-state index < -0.39 is 0 Å². The topological polar surface area (TPSA) is 39.7 Å². The van der Waals surface area contributed by atoms with Crippen molar-refractivity contribution in [2.24, 2.45) is 4.99 Å². The van der Waals surface area contributed by atoms with Crippen LogP contribution in [0.2, 0.25) is 0 Å². The zero-order chi connectivity index (χ0) is 14.8. The lowest BCUT2D eigenvalue weighted by atomic mass is 9.96. The molecule has 0 radical (unpaired) electrons. The largest absolute Gasteiger partial charge is 0.356 e. The normalized spacial score (nSPS) is 17.8. The summed E-state index contributed by atoms with van der Waals surface area (Å²) in [6.45, 7) is 6.68. The van der Waals surface area contributed by atoms with E-state index in [0.29, 0.717) is 12.1 Å². The Morgan fingerprint density at radius 1 is 1.20 bits per heavy atom. The number of hydrogen-bond donors (Lipinski definition) is 2. The van der Waals surface area contributed by atoms with Crippen LogP contribution >= 0.6 is 0 Å². The van der Waals surface area contributed by atoms with Crippen LogP contribution in [0.5, 0.6) is 0 Å². The lowest BCUT2D eigenvalue weighted by Crippen LogP contribution is -2.44. The fraction of sp³-hybridized carbons (Fsp3) is 0.938. The molecule has 118 valence electrons. The van der Waals surface area contributed by atoms with Crippen LogP contribution in [0.3, 0.4) is 0 Å². The van der Waals surface area contributed by atoms with Crippen LogP contribution in [0, 0.1) is 0 Å². The van der Waals surface area contributed by atoms with Gasteiger partial charge in [-0.3, -0.25) is 4.99 Å². The third kappa shape index (κ3) is 7.13. The highest BCUT2D eigenvalue weighted by molar-refractivity contribution is 5.79. The van der Waals surface area contributed by atoms with Gasteiger partial charge in [0.1, 0.15) is 0 Å². The molecule has 0 atom stereocenters. The second-order valence-electron chi connectivity index (χ2n) is 6.26. The monoisotopic (exact) mass is 282 g/mol. The van der Waals surface area contributed by atoms with Crippen molar-refractivity contribution in [1.82, 2.24) is 15.5 Å². The van der Waals surface area contributed by atoms with E-state index in [2.05, 4.69) is 41.4 Å². The van der Waals surface area contributed by atoms with Gasteiger partial charge in [-0.05, 0) is 53.1 Å². The molecule has 1 fully saturated rings. The molecule has 1 aliphatic rings. The van der Waals surface area contributed by atoms with Gasteiger partial charge in [-0.2, -0.15) is 0 Å². The van der Waals surface area contributed by atoms with Gasteiger partial charge in [-0.25, -0.2) is 0 Å². The maximum absolute atomic E-state index is 4.33. The third-order valence-electron chi connectivity index (χ3n) is 4.28. The predicted octanol–water partition coefficient (Wildman–Crippen LogP) is 2.60. The van der Waals surface area contributed by atoms with Gasteiger partial charge in [-0.15, -0.1) is 0 Å². The van der Waals surface area contributed by atoms with Crippen LogP contribution in [0.25, 0.3) is 0 Å². The molecule has 1 saturated carbocycles. The number of guanidine groups is 1. The number of unbranched alkanes of at least 4 members (excludes halogenated alkanes) is 1. The molecule has 0 aromatic heterocycles. The zero-order valence-corrected chi connectivity index (χ0v) is 13.9. The van der Waals surface area contributed by atoms with Crippen molar-refractivity contribution in [2.45, 2.75) is 70.9 Å². The van der Waals surface area contributed by atoms with E-state index in [1.54, 1.807) is 0 Å². The van der Waals surface area contributed by atoms with E-state index in [4.69, 9.17) is 0 Å². The first-order chi connectivity index (χ1) is 9.63. The number of rotatable bonds is 7. The maximum Gasteiger partial charge on any atom is 0.191 e. The van der Waals surface area contributed by atoms with E-state index in [-0.39, 0.29) is 0 Å². The molecule has 4 nitrogen and oxygen atoms in total. The van der Waals surface area contributed by atoms with E-state index in [0.717, 1.165) is 12.5 Å². The minimum atomic E-state index is 0.627. The summed E-state index contributed by atoms with van der Waals surface area (Å²) in [4.78, 5) is 6.73. The Kier molecular flexibility index (Phi) is 8.67. The van der Waals surface area contributed by atoms with Gasteiger partial charge in [0.2, 0.25) is 0 Å². The summed E-state index contributed by atoms with van der Waals surface area (Å²) in [7, 11) is 4.06. The second-order valence-corrected chi connectivity index (χ2v) is 6.26. The summed E-state index contributed by atoms with van der Waals surface area (Å²) in [6, 6.07) is 1.27. The molecule has 0 bridgehead atoms. The molecule has 20 heavy (non-hydrogen) atoms. The fourth-order valence-corrected chi connectivity index (χ4v) is 2.59. The molecule has 0 heterocycles. The third-order valence-corrected chi connectivity index (χ3v) is 4.28. The van der Waals surface area contributed by atoms with E-state index in [1.807, 2.05) is 7.05 Å². The average Bonchev–Trinajstić information content (AvgIpc) is 2.46. The molecule has 0 aromatic rings. The Morgan fingerprint density at radius 3 is 2.50 bits per heavy atom. The number of hydrogen-bond acceptors (Lipinski definition) is 2. The lowest BCUT2D eigenvalue weighted by molar-refractivity contribution is 0.268. The second kappa shape index (κ2) is 10.0. The van der Waals surface area contributed by atoms with E-state index in [1.165, 1.54) is 51.5 Å². The van der Waals surface area contributed by atoms with Gasteiger partial charge < -0.3 is 15.5 Å². The molecule has 0 spiro atoms. The van der Waals surface area contributed by atoms with Crippen molar-refractivity contribution in [3.63, 3.8) is 0 Å². The van der Waals surface area contributed by atoms with Gasteiger partial charge in [0, 0.05) is 25.7 Å². The van der Waals surface area contributed by atoms with Crippen LogP contribution in [-0.4, -0.2) is 50.1 Å². The molecular formula is C16H34N4. The van der Waals surface area contributed by atoms with Crippen molar-refractivity contribution < 1.29 is 0 Å². The number of nitrogens with zero attached hydrogens (tertiary/aromatic N) is 2. The quantitative estimate of drug-likeness (QED) is 0.428. The van der Waals surface area contributed by atoms with Crippen LogP contribution in [0.15, 0.2) is 4.99 Å². The highest BCUT2D eigenvalue weighted by Crippen LogP contribution is 2.17. The molecule has 0 unspecified atom stereocenters. The van der Waals surface area contributed by atoms with Crippen molar-refractivity contribution in [1.29, 1.82) is 0 Å². The van der Waals surface area contributed by atoms with Crippen molar-refractivity contribution in [3.05, 3.63) is 0 Å². The first-order valence-corrected chi connectivity index (χ1v) is 8.31. The van der Waals surface area contributed by atoms with Crippen molar-refractivity contribution in [3.8, 4) is 0 Å². The average molecular weight is 282 g/mol. The molecule has 0 aliphatic heterocycles. The van der Waals surface area contributed by atoms with Crippen molar-refractivity contribution >= 4 is 5.96 Å². The smallest absolute Gasteiger partial charge is 0.191 e. The van der Waals surface area contributed by atoms with Crippen LogP contribution in [0.1, 0.15) is 58.8 Å². The number of aliphatic imine (C=N–C) groups is 1. The molecule has 1 rings (SSSR count). The summed E-state index contributed by atoms with van der Waals surface area (Å²) in [5.41, 5.74) is 0. The summed E-state index contributed by atoms with van der Waals surface area (Å²) in [6.07, 6.45) is 9.13. The summed E-state index contributed by atoms with van der Waals surface area (Å²) in [5, 5.41) is 6.99. The standard InChI is InChI=1S/C16H34N4/c1-14(2)20(4)13-9-8-12-18-16(17-3)19-15-10-6-5-7-11-15/h14-15H,5-13H2,1-4H3,(H2,17,18,19). The Balaban J connectivity index is 2.09. The molecule has 0 saturated heterocycles. The Morgan fingerprint density at radius 2 is 1.90 bits per heavy atom. The van der Waals surface area contributed by atoms with Crippen LogP contribution < -0.4 is 10.6 Å². The Labute approximate surface area is 125 Å². The minimum Gasteiger partial charge on any atom is -0.356 e. The fourth-order valence-electron chi connectivity index (χ4n) is 2.59. The lowest BCUT2D eigenvalue weighted by Gasteiger charge is -2.25. The van der Waals surface area contributed by atoms with Gasteiger partial charge in [0.25, 0.3) is 0 Å². The van der Waals surface area contributed by atoms with E-state index in [9.17, 15) is 0 Å². The van der Waals surface area contributed by atoms with E-state index >= 15 is 0 Å². The highest BCUT2D eigenvalue weighted by Gasteiger charge is 2.14. The Hall–Kier alpha value is -0.770. The van der Waals surface area contributed by atoms with Crippen LogP contribution in [-0.2, 0) is 0 Å². The summed E-state index contributed by atoms with van der Waals surface area (Å²) < 4.78 is 0. The molecule has 0 amide bonds. The van der Waals surface area contributed by atoms with Gasteiger partial charge in [0.05, 0.1) is 0 Å².